The molecule has 3 radical (unpaired) electrons. The van der Waals surface area contributed by atoms with Gasteiger partial charge in [0.1, 0.15) is 0 Å². The van der Waals surface area contributed by atoms with Crippen LogP contribution in [0.25, 0.3) is 0 Å². The summed E-state index contributed by atoms with van der Waals surface area (Å²) in [6.07, 6.45) is 0. The van der Waals surface area contributed by atoms with Crippen LogP contribution < -0.4 is 32.3 Å². The Morgan fingerprint density at radius 1 is 0.561 bits per heavy atom. The summed E-state index contributed by atoms with van der Waals surface area (Å²) in [6.45, 7) is 19.3. The molecular formula is C27H48N9O6W12Y3-3. The average Bonchev–Trinajstić information content (AvgIpc) is 3.80. The minimum atomic E-state index is -1.20. The number of carboxylic acid groups (broad SMARTS) is 2. The molecule has 0 aromatic heterocycles. The smallest absolute Gasteiger partial charge is 0 e. The molecule has 0 aliphatic carbocycles. The van der Waals surface area contributed by atoms with Gasteiger partial charge in [-0.15, -0.1) is 0 Å². The van der Waals surface area contributed by atoms with Gasteiger partial charge in [0.15, 0.2) is 0 Å². The Morgan fingerprint density at radius 2 is 0.789 bits per heavy atom. The largest absolute Gasteiger partial charge is 0 e. The number of nitrogens with zero attached hydrogens (tertiary/aromatic N) is 3. The molecule has 0 aromatic carbocycles. The average molecular weight is 3070 g/mol. The van der Waals surface area contributed by atoms with E-state index in [-0.39, 0.29) is 138 Å². The van der Waals surface area contributed by atoms with Crippen LogP contribution >= 0.6 is 0 Å². The van der Waals surface area contributed by atoms with Crippen LogP contribution in [0.15, 0.2) is 15.0 Å². The fourth-order valence-corrected chi connectivity index (χ4v) is 4.80. The first kappa shape index (κ1) is 97.6. The van der Waals surface area contributed by atoms with Crippen molar-refractivity contribution in [3.63, 3.8) is 0 Å². The first-order valence-electron chi connectivity index (χ1n) is 13.2. The van der Waals surface area contributed by atoms with Gasteiger partial charge in [0, 0.05) is 98.1 Å². The van der Waals surface area contributed by atoms with Crippen LogP contribution in [0.4, 0.5) is 0 Å². The molecule has 57 heavy (non-hydrogen) atoms. The minimum absolute atomic E-state index is 0. The summed E-state index contributed by atoms with van der Waals surface area (Å²) < 4.78 is 5.54. The summed E-state index contributed by atoms with van der Waals surface area (Å²) in [4.78, 5) is 54.7. The molecule has 2 amide bonds. The van der Waals surface area contributed by atoms with E-state index in [0.717, 1.165) is 24.1 Å². The number of amidine groups is 3. The van der Waals surface area contributed by atoms with Gasteiger partial charge in [-0.25, -0.2) is 0 Å². The molecule has 0 aromatic rings. The van der Waals surface area contributed by atoms with E-state index >= 15 is 0 Å². The molecule has 9 N–H and O–H groups in total. The summed E-state index contributed by atoms with van der Waals surface area (Å²) in [5, 5.41) is 29.8. The molecule has 0 atom stereocenters. The van der Waals surface area contributed by atoms with Gasteiger partial charge >= 0.3 is 370 Å². The predicted octanol–water partition coefficient (Wildman–Crippen LogP) is -0.139. The van der Waals surface area contributed by atoms with Crippen molar-refractivity contribution in [2.45, 2.75) is 77.7 Å². The van der Waals surface area contributed by atoms with E-state index in [1.165, 1.54) is 123 Å². The number of carbonyl (C=O) groups excluding carboxylic acids is 2. The minimum Gasteiger partial charge on any atom is 0 e. The fourth-order valence-electron chi connectivity index (χ4n) is 1.74. The normalized spacial score (nSPS) is 10.6. The fraction of sp³-hybridized carbons (Fsp3) is 0.407. The number of amides is 2. The van der Waals surface area contributed by atoms with E-state index < -0.39 is 17.8 Å². The Hall–Kier alpha value is 6.91. The standard InChI is InChI=1S/C6H4N3O3.C6H6N3O.C4H2N2O2.C2H6N.3C2H6.3CH4.12W.3Y/c10-4(11)3-9-6(12)5-7-1-2-8-5;1-2-7-6(10)5-8-3-4-9-5;7-4(8)3-5-1-2-6-3;1-2-3;3*1-2;;;;;;;;;;;;;;;;;;/h3,7H,(H,9,12)(H,10,11);2,8H,1H3,(H,7,10);5H,(H,7,8);2H,3H2,1H3;3*1-2H3;3*1H4;;;;;;;;;;;;;;;/q2*-1;;-1;;;;;;;;;;;;;;;;;;;;;. The number of nitrogens with two attached hydrogens (primary N) is 1. The van der Waals surface area contributed by atoms with E-state index in [1.54, 1.807) is 118 Å². The summed E-state index contributed by atoms with van der Waals surface area (Å²) >= 11 is 17.4. The van der Waals surface area contributed by atoms with Crippen LogP contribution in [-0.2, 0) is 331 Å². The van der Waals surface area contributed by atoms with Crippen LogP contribution in [0.5, 0.6) is 0 Å². The third kappa shape index (κ3) is 59.0. The maximum atomic E-state index is 11.2. The Labute approximate surface area is 539 Å². The Balaban J connectivity index is -0.0000000380. The van der Waals surface area contributed by atoms with Crippen LogP contribution in [0.2, 0.25) is 0 Å². The van der Waals surface area contributed by atoms with E-state index in [4.69, 9.17) is 15.9 Å². The Morgan fingerprint density at radius 3 is 0.947 bits per heavy atom. The van der Waals surface area contributed by atoms with E-state index in [0.29, 0.717) is 12.4 Å². The van der Waals surface area contributed by atoms with Crippen molar-refractivity contribution in [2.24, 2.45) is 20.7 Å². The van der Waals surface area contributed by atoms with Crippen molar-refractivity contribution >= 4 is 65.4 Å². The molecule has 3 aliphatic rings. The number of carboxylic acids is 2. The molecule has 3 aliphatic heterocycles. The van der Waals surface area contributed by atoms with Crippen LogP contribution in [0.3, 0.4) is 0 Å². The maximum absolute atomic E-state index is 11.2. The summed E-state index contributed by atoms with van der Waals surface area (Å²) in [6, 6.07) is 0. The summed E-state index contributed by atoms with van der Waals surface area (Å²) in [7, 11) is 0. The van der Waals surface area contributed by atoms with Gasteiger partial charge in [-0.05, 0) is 0 Å². The van der Waals surface area contributed by atoms with Gasteiger partial charge in [-0.2, -0.15) is 6.92 Å². The summed E-state index contributed by atoms with van der Waals surface area (Å²) in [5.74, 6) is -2.30. The molecule has 3 heterocycles. The SMILES string of the molecule is C.C.C.CC.CC.CC.C[CH-]N.C[CH-]NC(=O)C1=N[C](=[W])[C](=[W])N1.O=C(O)C1=N[C](=[W])[C](=[W])N1.O=C(O)[CH-]NC(=O)C1=N[C](=[W])[C](=[W])N1.[W]=[W].[W]=[W].[W]=[W].[Y].[Y].[Y]. The van der Waals surface area contributed by atoms with Gasteiger partial charge in [-0.1, -0.05) is 63.8 Å². The van der Waals surface area contributed by atoms with Crippen molar-refractivity contribution in [3.8, 4) is 0 Å². The van der Waals surface area contributed by atoms with Gasteiger partial charge in [0.2, 0.25) is 0 Å². The Bertz CT molecular complexity index is 1300. The Kier molecular flexibility index (Phi) is 127. The van der Waals surface area contributed by atoms with Gasteiger partial charge in [0.05, 0.1) is 0 Å². The van der Waals surface area contributed by atoms with Crippen LogP contribution in [0.1, 0.15) is 77.7 Å². The monoisotopic (exact) mass is 3070 g/mol. The molecule has 0 saturated heterocycles. The number of hydrogen-bond donors (Lipinski definition) is 8. The number of aliphatic carboxylic acids is 2. The zero-order valence-corrected chi connectivity index (χ0v) is 73.5. The van der Waals surface area contributed by atoms with Crippen molar-refractivity contribution < 1.29 is 341 Å². The molecule has 15 nitrogen and oxygen atoms in total. The van der Waals surface area contributed by atoms with Crippen molar-refractivity contribution in [2.75, 3.05) is 0 Å². The quantitative estimate of drug-likeness (QED) is 0.164. The number of rotatable bonds is 6. The molecule has 0 fully saturated rings. The molecule has 0 saturated carbocycles. The molecular weight excluding hydrogens is 3020 g/mol. The van der Waals surface area contributed by atoms with Crippen molar-refractivity contribution in [1.82, 2.24) is 26.6 Å². The second kappa shape index (κ2) is 74.5. The third-order valence-corrected chi connectivity index (χ3v) is 15.6. The van der Waals surface area contributed by atoms with Gasteiger partial charge in [-0.3, -0.25) is 6.54 Å². The van der Waals surface area contributed by atoms with Crippen LogP contribution in [-0.4, -0.2) is 75.6 Å². The number of carbonyl (C=O) groups is 4. The molecule has 0 spiro atoms. The first-order chi connectivity index (χ1) is 24.2. The molecule has 0 bridgehead atoms. The zero-order chi connectivity index (χ0) is 42.3. The second-order valence-corrected chi connectivity index (χ2v) is 14.6. The third-order valence-electron chi connectivity index (χ3n) is 3.15. The van der Waals surface area contributed by atoms with E-state index in [2.05, 4.69) is 41.6 Å². The van der Waals surface area contributed by atoms with Crippen molar-refractivity contribution in [3.05, 3.63) is 19.6 Å². The number of hydrogen-bond acceptors (Lipinski definition) is 11. The van der Waals surface area contributed by atoms with E-state index in [9.17, 15) is 19.2 Å². The predicted molar refractivity (Wildman–Crippen MR) is 176 cm³/mol. The number of aliphatic imine (C=N–C) groups is 3. The maximum Gasteiger partial charge on any atom is 0 e. The molecule has 30 heteroatoms. The number of nitrogens with one attached hydrogen (secondary N) is 5. The van der Waals surface area contributed by atoms with Gasteiger partial charge in [0.25, 0.3) is 0 Å². The molecule has 3 rings (SSSR count). The molecule has 321 valence electrons. The van der Waals surface area contributed by atoms with Crippen LogP contribution in [0, 0.1) is 19.6 Å². The van der Waals surface area contributed by atoms with E-state index in [1.807, 2.05) is 41.5 Å². The molecule has 0 unspecified atom stereocenters. The zero-order valence-electron chi connectivity index (χ0n) is 29.8. The first-order valence-corrected chi connectivity index (χ1v) is 55.0. The van der Waals surface area contributed by atoms with Gasteiger partial charge < -0.3 is 5.73 Å². The topological polar surface area (TPSA) is 232 Å². The second-order valence-electron chi connectivity index (χ2n) is 6.02. The van der Waals surface area contributed by atoms with Crippen molar-refractivity contribution in [1.29, 1.82) is 0 Å². The summed E-state index contributed by atoms with van der Waals surface area (Å²) in [5.41, 5.74) is 4.72.